The molecule has 1 N–H and O–H groups in total. The Morgan fingerprint density at radius 1 is 1.41 bits per heavy atom. The Hall–Kier alpha value is -2.14. The third kappa shape index (κ3) is 1.63. The number of nitrogens with zero attached hydrogens (tertiary/aromatic N) is 1. The van der Waals surface area contributed by atoms with E-state index in [4.69, 9.17) is 4.74 Å². The zero-order valence-corrected chi connectivity index (χ0v) is 12.2. The lowest BCUT2D eigenvalue weighted by Crippen LogP contribution is -2.39. The molecule has 1 spiro atoms. The van der Waals surface area contributed by atoms with Gasteiger partial charge in [0.2, 0.25) is 5.91 Å². The first kappa shape index (κ1) is 13.5. The van der Waals surface area contributed by atoms with Gasteiger partial charge in [0.05, 0.1) is 18.6 Å². The largest absolute Gasteiger partial charge is 0.481 e. The molecule has 1 aromatic rings. The fraction of sp³-hybridized carbons (Fsp3) is 0.412. The fourth-order valence-electron chi connectivity index (χ4n) is 3.91. The Bertz CT molecular complexity index is 680. The molecule has 0 aromatic heterocycles. The molecule has 1 aromatic carbocycles. The molecular weight excluding hydrogens is 282 g/mol. The molecule has 0 radical (unpaired) electrons. The van der Waals surface area contributed by atoms with Crippen LogP contribution in [0.4, 0.5) is 5.69 Å². The highest BCUT2D eigenvalue weighted by Gasteiger charge is 2.67. The summed E-state index contributed by atoms with van der Waals surface area (Å²) in [6.45, 7) is 2.47. The average molecular weight is 299 g/mol. The maximum atomic E-state index is 12.8. The van der Waals surface area contributed by atoms with Crippen LogP contribution in [0.5, 0.6) is 0 Å². The van der Waals surface area contributed by atoms with E-state index in [9.17, 15) is 14.7 Å². The summed E-state index contributed by atoms with van der Waals surface area (Å²) in [5.74, 6) is -2.51. The second kappa shape index (κ2) is 4.43. The zero-order valence-electron chi connectivity index (χ0n) is 12.2. The normalized spacial score (nSPS) is 35.2. The number of anilines is 1. The van der Waals surface area contributed by atoms with Crippen LogP contribution >= 0.6 is 0 Å². The maximum absolute atomic E-state index is 12.8. The number of amides is 1. The molecule has 4 rings (SSSR count). The van der Waals surface area contributed by atoms with Crippen LogP contribution in [0.1, 0.15) is 12.5 Å². The standard InChI is InChI=1S/C17H17NO4/c1-2-10-3-5-11(6-4-10)18-9-17-8-7-12(22-17)13(16(20)21)14(17)15(18)19/h3-8,12-14H,2,9H2,1H3,(H,20,21)/t12-,13+,14+,17-/m1/s1. The van der Waals surface area contributed by atoms with Gasteiger partial charge in [-0.3, -0.25) is 9.59 Å². The Labute approximate surface area is 128 Å². The van der Waals surface area contributed by atoms with Crippen LogP contribution in [0, 0.1) is 11.8 Å². The van der Waals surface area contributed by atoms with Gasteiger partial charge in [-0.1, -0.05) is 31.2 Å². The first-order valence-electron chi connectivity index (χ1n) is 7.56. The van der Waals surface area contributed by atoms with Crippen LogP contribution < -0.4 is 4.90 Å². The van der Waals surface area contributed by atoms with E-state index in [1.54, 1.807) is 11.0 Å². The van der Waals surface area contributed by atoms with Gasteiger partial charge in [-0.25, -0.2) is 0 Å². The summed E-state index contributed by atoms with van der Waals surface area (Å²) in [6.07, 6.45) is 4.12. The first-order valence-corrected chi connectivity index (χ1v) is 7.56. The molecule has 0 saturated carbocycles. The van der Waals surface area contributed by atoms with Crippen molar-refractivity contribution in [2.75, 3.05) is 11.4 Å². The molecule has 3 aliphatic rings. The summed E-state index contributed by atoms with van der Waals surface area (Å²) >= 11 is 0. The monoisotopic (exact) mass is 299 g/mol. The maximum Gasteiger partial charge on any atom is 0.310 e. The van der Waals surface area contributed by atoms with Gasteiger partial charge in [0.1, 0.15) is 11.5 Å². The van der Waals surface area contributed by atoms with Gasteiger partial charge in [0.15, 0.2) is 0 Å². The predicted molar refractivity (Wildman–Crippen MR) is 79.5 cm³/mol. The molecule has 5 nitrogen and oxygen atoms in total. The molecule has 3 heterocycles. The second-order valence-corrected chi connectivity index (χ2v) is 6.18. The number of benzene rings is 1. The van der Waals surface area contributed by atoms with Crippen LogP contribution in [-0.4, -0.2) is 35.2 Å². The molecule has 114 valence electrons. The molecule has 2 bridgehead atoms. The number of rotatable bonds is 3. The van der Waals surface area contributed by atoms with Crippen molar-refractivity contribution in [1.29, 1.82) is 0 Å². The molecule has 0 unspecified atom stereocenters. The van der Waals surface area contributed by atoms with E-state index < -0.39 is 29.5 Å². The number of aliphatic carboxylic acids is 1. The van der Waals surface area contributed by atoms with Crippen molar-refractivity contribution in [1.82, 2.24) is 0 Å². The van der Waals surface area contributed by atoms with Crippen molar-refractivity contribution in [2.45, 2.75) is 25.0 Å². The highest BCUT2D eigenvalue weighted by Crippen LogP contribution is 2.52. The minimum Gasteiger partial charge on any atom is -0.481 e. The van der Waals surface area contributed by atoms with E-state index in [2.05, 4.69) is 6.92 Å². The van der Waals surface area contributed by atoms with E-state index in [0.717, 1.165) is 12.1 Å². The third-order valence-corrected chi connectivity index (χ3v) is 5.04. The Morgan fingerprint density at radius 3 is 2.77 bits per heavy atom. The number of hydrogen-bond donors (Lipinski definition) is 1. The molecule has 3 aliphatic heterocycles. The zero-order chi connectivity index (χ0) is 15.5. The van der Waals surface area contributed by atoms with E-state index in [0.29, 0.717) is 6.54 Å². The van der Waals surface area contributed by atoms with E-state index in [1.165, 1.54) is 5.56 Å². The number of hydrogen-bond acceptors (Lipinski definition) is 3. The van der Waals surface area contributed by atoms with Crippen LogP contribution in [0.2, 0.25) is 0 Å². The minimum atomic E-state index is -0.960. The Kier molecular flexibility index (Phi) is 2.72. The SMILES string of the molecule is CCc1ccc(N2C[C@@]34C=C[C@@H](O3)[C@H](C(=O)O)[C@H]4C2=O)cc1. The number of carbonyl (C=O) groups excluding carboxylic acids is 1. The van der Waals surface area contributed by atoms with Crippen LogP contribution in [0.25, 0.3) is 0 Å². The molecular formula is C17H17NO4. The first-order chi connectivity index (χ1) is 10.6. The summed E-state index contributed by atoms with van der Waals surface area (Å²) in [7, 11) is 0. The van der Waals surface area contributed by atoms with Gasteiger partial charge in [0.25, 0.3) is 0 Å². The number of ether oxygens (including phenoxy) is 1. The van der Waals surface area contributed by atoms with E-state index in [-0.39, 0.29) is 5.91 Å². The molecule has 2 fully saturated rings. The number of carboxylic acids is 1. The smallest absolute Gasteiger partial charge is 0.310 e. The molecule has 5 heteroatoms. The summed E-state index contributed by atoms with van der Waals surface area (Å²) in [5, 5.41) is 9.44. The lowest BCUT2D eigenvalue weighted by molar-refractivity contribution is -0.146. The van der Waals surface area contributed by atoms with Crippen molar-refractivity contribution in [3.63, 3.8) is 0 Å². The summed E-state index contributed by atoms with van der Waals surface area (Å²) in [6, 6.07) is 7.83. The van der Waals surface area contributed by atoms with Crippen molar-refractivity contribution in [2.24, 2.45) is 11.8 Å². The fourth-order valence-corrected chi connectivity index (χ4v) is 3.91. The molecule has 22 heavy (non-hydrogen) atoms. The molecule has 4 atom stereocenters. The van der Waals surface area contributed by atoms with Gasteiger partial charge >= 0.3 is 5.97 Å². The highest BCUT2D eigenvalue weighted by atomic mass is 16.5. The molecule has 0 aliphatic carbocycles. The number of carbonyl (C=O) groups is 2. The summed E-state index contributed by atoms with van der Waals surface area (Å²) in [4.78, 5) is 26.0. The predicted octanol–water partition coefficient (Wildman–Crippen LogP) is 1.62. The van der Waals surface area contributed by atoms with Gasteiger partial charge in [0, 0.05) is 5.69 Å². The lowest BCUT2D eigenvalue weighted by atomic mass is 9.77. The van der Waals surface area contributed by atoms with Crippen LogP contribution in [-0.2, 0) is 20.7 Å². The van der Waals surface area contributed by atoms with Gasteiger partial charge in [-0.15, -0.1) is 0 Å². The molecule has 1 amide bonds. The molecule has 2 saturated heterocycles. The summed E-state index contributed by atoms with van der Waals surface area (Å²) < 4.78 is 5.87. The van der Waals surface area contributed by atoms with E-state index in [1.807, 2.05) is 30.3 Å². The van der Waals surface area contributed by atoms with Crippen LogP contribution in [0.15, 0.2) is 36.4 Å². The van der Waals surface area contributed by atoms with Crippen molar-refractivity contribution in [3.05, 3.63) is 42.0 Å². The van der Waals surface area contributed by atoms with E-state index >= 15 is 0 Å². The van der Waals surface area contributed by atoms with Gasteiger partial charge in [-0.2, -0.15) is 0 Å². The van der Waals surface area contributed by atoms with Crippen molar-refractivity contribution < 1.29 is 19.4 Å². The number of fused-ring (bicyclic) bond motifs is 1. The van der Waals surface area contributed by atoms with Gasteiger partial charge < -0.3 is 14.7 Å². The number of aryl methyl sites for hydroxylation is 1. The Balaban J connectivity index is 1.70. The van der Waals surface area contributed by atoms with Crippen molar-refractivity contribution in [3.8, 4) is 0 Å². The number of carboxylic acid groups (broad SMARTS) is 1. The quantitative estimate of drug-likeness (QED) is 0.861. The topological polar surface area (TPSA) is 66.8 Å². The Morgan fingerprint density at radius 2 is 2.14 bits per heavy atom. The third-order valence-electron chi connectivity index (χ3n) is 5.04. The summed E-state index contributed by atoms with van der Waals surface area (Å²) in [5.41, 5.74) is 1.23. The highest BCUT2D eigenvalue weighted by molar-refractivity contribution is 6.02. The van der Waals surface area contributed by atoms with Crippen LogP contribution in [0.3, 0.4) is 0 Å². The van der Waals surface area contributed by atoms with Gasteiger partial charge in [-0.05, 0) is 24.1 Å². The van der Waals surface area contributed by atoms with Crippen molar-refractivity contribution >= 4 is 17.6 Å². The average Bonchev–Trinajstić information content (AvgIpc) is 3.15. The lowest BCUT2D eigenvalue weighted by Gasteiger charge is -2.21. The minimum absolute atomic E-state index is 0.150. The second-order valence-electron chi connectivity index (χ2n) is 6.18.